The highest BCUT2D eigenvalue weighted by Gasteiger charge is 2.23. The number of benzene rings is 1. The first-order valence-electron chi connectivity index (χ1n) is 11.4. The van der Waals surface area contributed by atoms with Crippen molar-refractivity contribution in [2.45, 2.75) is 33.0 Å². The van der Waals surface area contributed by atoms with Crippen LogP contribution in [0.15, 0.2) is 55.1 Å². The lowest BCUT2D eigenvalue weighted by Crippen LogP contribution is -2.17. The molecule has 10 nitrogen and oxygen atoms in total. The van der Waals surface area contributed by atoms with Crippen LogP contribution in [-0.2, 0) is 4.74 Å². The molecule has 0 spiro atoms. The first-order valence-corrected chi connectivity index (χ1v) is 12.4. The quantitative estimate of drug-likeness (QED) is 0.288. The van der Waals surface area contributed by atoms with Crippen molar-refractivity contribution in [3.8, 4) is 28.6 Å². The molecule has 0 aliphatic carbocycles. The monoisotopic (exact) mass is 507 g/mol. The lowest BCUT2D eigenvalue weighted by atomic mass is 10.2. The summed E-state index contributed by atoms with van der Waals surface area (Å²) in [4.78, 5) is 13.2. The van der Waals surface area contributed by atoms with E-state index in [9.17, 15) is 0 Å². The summed E-state index contributed by atoms with van der Waals surface area (Å²) >= 11 is 1.42. The van der Waals surface area contributed by atoms with Gasteiger partial charge in [-0.1, -0.05) is 6.07 Å². The van der Waals surface area contributed by atoms with Crippen molar-refractivity contribution < 1.29 is 14.2 Å². The molecule has 188 valence electrons. The Labute approximate surface area is 214 Å². The molecule has 0 saturated heterocycles. The summed E-state index contributed by atoms with van der Waals surface area (Å²) in [6, 6.07) is 9.37. The first-order chi connectivity index (χ1) is 17.5. The summed E-state index contributed by atoms with van der Waals surface area (Å²) in [5.41, 5.74) is 2.46. The van der Waals surface area contributed by atoms with Gasteiger partial charge in [0.2, 0.25) is 5.95 Å². The summed E-state index contributed by atoms with van der Waals surface area (Å²) in [6.45, 7) is 5.94. The molecule has 0 fully saturated rings. The molecular weight excluding hydrogens is 478 g/mol. The number of aromatic nitrogens is 6. The van der Waals surface area contributed by atoms with E-state index in [0.29, 0.717) is 40.5 Å². The molecule has 1 aromatic carbocycles. The summed E-state index contributed by atoms with van der Waals surface area (Å²) in [6.07, 6.45) is 6.74. The number of nitrogens with zero attached hydrogens (tertiary/aromatic N) is 6. The summed E-state index contributed by atoms with van der Waals surface area (Å²) in [5.74, 6) is 3.48. The van der Waals surface area contributed by atoms with Crippen molar-refractivity contribution in [2.75, 3.05) is 24.7 Å². The number of rotatable bonds is 11. The van der Waals surface area contributed by atoms with Crippen LogP contribution in [-0.4, -0.2) is 55.8 Å². The Balaban J connectivity index is 1.67. The van der Waals surface area contributed by atoms with E-state index in [-0.39, 0.29) is 12.2 Å². The molecule has 36 heavy (non-hydrogen) atoms. The summed E-state index contributed by atoms with van der Waals surface area (Å²) in [7, 11) is 3.23. The van der Waals surface area contributed by atoms with Gasteiger partial charge in [0, 0.05) is 36.1 Å². The topological polar surface area (TPSA) is 109 Å². The molecule has 11 heteroatoms. The number of ether oxygens (including phenoxy) is 3. The van der Waals surface area contributed by atoms with E-state index in [1.165, 1.54) is 11.9 Å². The van der Waals surface area contributed by atoms with E-state index in [1.807, 2.05) is 55.7 Å². The van der Waals surface area contributed by atoms with E-state index in [4.69, 9.17) is 14.2 Å². The molecular formula is C25H29N7O3S. The predicted molar refractivity (Wildman–Crippen MR) is 140 cm³/mol. The van der Waals surface area contributed by atoms with Crippen LogP contribution in [0.2, 0.25) is 0 Å². The van der Waals surface area contributed by atoms with Gasteiger partial charge in [-0.2, -0.15) is 0 Å². The van der Waals surface area contributed by atoms with Gasteiger partial charge in [0.05, 0.1) is 20.3 Å². The maximum absolute atomic E-state index is 6.10. The second-order valence-corrected chi connectivity index (χ2v) is 8.97. The predicted octanol–water partition coefficient (Wildman–Crippen LogP) is 4.67. The third-order valence-corrected chi connectivity index (χ3v) is 5.93. The zero-order valence-corrected chi connectivity index (χ0v) is 21.7. The van der Waals surface area contributed by atoms with Gasteiger partial charge in [-0.25, -0.2) is 9.97 Å². The fourth-order valence-electron chi connectivity index (χ4n) is 3.55. The second-order valence-electron chi connectivity index (χ2n) is 8.14. The largest absolute Gasteiger partial charge is 0.494 e. The molecule has 4 rings (SSSR count). The second kappa shape index (κ2) is 11.8. The van der Waals surface area contributed by atoms with E-state index >= 15 is 0 Å². The lowest BCUT2D eigenvalue weighted by molar-refractivity contribution is 0.0158. The van der Waals surface area contributed by atoms with E-state index in [2.05, 4.69) is 29.9 Å². The van der Waals surface area contributed by atoms with Crippen molar-refractivity contribution in [3.05, 3.63) is 66.5 Å². The number of aryl methyl sites for hydroxylation is 1. The van der Waals surface area contributed by atoms with Crippen molar-refractivity contribution in [1.29, 1.82) is 0 Å². The normalized spacial score (nSPS) is 11.9. The Morgan fingerprint density at radius 2 is 1.69 bits per heavy atom. The number of hydrogen-bond acceptors (Lipinski definition) is 10. The van der Waals surface area contributed by atoms with Crippen LogP contribution >= 0.6 is 11.9 Å². The van der Waals surface area contributed by atoms with Crippen LogP contribution in [0.5, 0.6) is 11.5 Å². The SMILES string of the molecule is COc1cccc(OC)c1-n1c(NSCC(OC(C)C)c2ncc(C)cn2)nnc1-c1cccnc1. The van der Waals surface area contributed by atoms with Gasteiger partial charge in [-0.15, -0.1) is 10.2 Å². The molecule has 0 amide bonds. The highest BCUT2D eigenvalue weighted by Crippen LogP contribution is 2.38. The molecule has 3 aromatic heterocycles. The standard InChI is InChI=1S/C25H29N7O3S/c1-16(2)35-21(23-27-12-17(3)13-28-23)15-36-31-25-30-29-24(18-8-7-11-26-14-18)32(25)22-19(33-4)9-6-10-20(22)34-5/h6-14,16,21H,15H2,1-5H3,(H,30,31). The van der Waals surface area contributed by atoms with Gasteiger partial charge in [-0.3, -0.25) is 14.3 Å². The van der Waals surface area contributed by atoms with Crippen molar-refractivity contribution in [3.63, 3.8) is 0 Å². The van der Waals surface area contributed by atoms with Crippen LogP contribution in [0.25, 0.3) is 17.1 Å². The van der Waals surface area contributed by atoms with Crippen LogP contribution < -0.4 is 14.2 Å². The zero-order chi connectivity index (χ0) is 25.5. The van der Waals surface area contributed by atoms with Crippen molar-refractivity contribution in [2.24, 2.45) is 0 Å². The third-order valence-electron chi connectivity index (χ3n) is 5.13. The minimum absolute atomic E-state index is 0.0131. The van der Waals surface area contributed by atoms with Gasteiger partial charge in [0.1, 0.15) is 23.3 Å². The molecule has 1 N–H and O–H groups in total. The number of methoxy groups -OCH3 is 2. The summed E-state index contributed by atoms with van der Waals surface area (Å²) in [5, 5.41) is 8.89. The Morgan fingerprint density at radius 1 is 0.972 bits per heavy atom. The summed E-state index contributed by atoms with van der Waals surface area (Å²) < 4.78 is 22.6. The van der Waals surface area contributed by atoms with Gasteiger partial charge >= 0.3 is 0 Å². The Bertz CT molecular complexity index is 1240. The van der Waals surface area contributed by atoms with Crippen LogP contribution in [0, 0.1) is 6.92 Å². The van der Waals surface area contributed by atoms with E-state index in [0.717, 1.165) is 11.1 Å². The minimum Gasteiger partial charge on any atom is -0.494 e. The number of pyridine rings is 1. The first kappa shape index (κ1) is 25.4. The number of anilines is 1. The fourth-order valence-corrected chi connectivity index (χ4v) is 4.27. The van der Waals surface area contributed by atoms with E-state index in [1.54, 1.807) is 39.0 Å². The van der Waals surface area contributed by atoms with Crippen LogP contribution in [0.1, 0.15) is 31.3 Å². The van der Waals surface area contributed by atoms with E-state index < -0.39 is 0 Å². The molecule has 0 radical (unpaired) electrons. The minimum atomic E-state index is -0.307. The Hall–Kier alpha value is -3.70. The number of para-hydroxylation sites is 1. The number of nitrogens with one attached hydrogen (secondary N) is 1. The molecule has 0 saturated carbocycles. The molecule has 3 heterocycles. The van der Waals surface area contributed by atoms with Crippen molar-refractivity contribution >= 4 is 17.9 Å². The highest BCUT2D eigenvalue weighted by atomic mass is 32.2. The number of hydrogen-bond donors (Lipinski definition) is 1. The molecule has 4 aromatic rings. The van der Waals surface area contributed by atoms with Gasteiger partial charge in [0.15, 0.2) is 11.6 Å². The average Bonchev–Trinajstić information content (AvgIpc) is 3.31. The van der Waals surface area contributed by atoms with Gasteiger partial charge < -0.3 is 14.2 Å². The molecule has 0 bridgehead atoms. The highest BCUT2D eigenvalue weighted by molar-refractivity contribution is 8.00. The smallest absolute Gasteiger partial charge is 0.239 e. The van der Waals surface area contributed by atoms with Crippen LogP contribution in [0.3, 0.4) is 0 Å². The molecule has 1 unspecified atom stereocenters. The average molecular weight is 508 g/mol. The fraction of sp³-hybridized carbons (Fsp3) is 0.320. The Kier molecular flexibility index (Phi) is 8.34. The zero-order valence-electron chi connectivity index (χ0n) is 20.9. The molecule has 1 atom stereocenters. The Morgan fingerprint density at radius 3 is 2.31 bits per heavy atom. The lowest BCUT2D eigenvalue weighted by Gasteiger charge is -2.20. The molecule has 0 aliphatic rings. The van der Waals surface area contributed by atoms with Gasteiger partial charge in [0.25, 0.3) is 0 Å². The van der Waals surface area contributed by atoms with Crippen LogP contribution in [0.4, 0.5) is 5.95 Å². The van der Waals surface area contributed by atoms with Gasteiger partial charge in [-0.05, 0) is 62.5 Å². The third kappa shape index (κ3) is 5.74. The maximum Gasteiger partial charge on any atom is 0.239 e. The maximum atomic E-state index is 6.10. The molecule has 0 aliphatic heterocycles. The van der Waals surface area contributed by atoms with Crippen molar-refractivity contribution in [1.82, 2.24) is 29.7 Å².